The summed E-state index contributed by atoms with van der Waals surface area (Å²) in [5, 5.41) is 5.92. The highest BCUT2D eigenvalue weighted by molar-refractivity contribution is 8.15. The number of halogens is 1. The van der Waals surface area contributed by atoms with Crippen LogP contribution in [0.2, 0.25) is 0 Å². The van der Waals surface area contributed by atoms with Crippen LogP contribution in [0.1, 0.15) is 6.92 Å². The Hall–Kier alpha value is -0.370. The molecule has 2 N–H and O–H groups in total. The summed E-state index contributed by atoms with van der Waals surface area (Å²) in [6.07, 6.45) is 0. The molecule has 0 spiro atoms. The lowest BCUT2D eigenvalue weighted by atomic mass is 10.5. The van der Waals surface area contributed by atoms with Gasteiger partial charge in [0.1, 0.15) is 0 Å². The molecule has 0 radical (unpaired) electrons. The highest BCUT2D eigenvalue weighted by Crippen LogP contribution is 2.30. The molecule has 1 unspecified atom stereocenters. The van der Waals surface area contributed by atoms with Crippen LogP contribution in [0.15, 0.2) is 20.5 Å². The number of nitrogens with zero attached hydrogens (tertiary/aromatic N) is 2. The Morgan fingerprint density at radius 1 is 1.67 bits per heavy atom. The highest BCUT2D eigenvalue weighted by Gasteiger charge is 2.32. The Bertz CT molecular complexity index is 480. The topological polar surface area (TPSA) is 75.5 Å². The van der Waals surface area contributed by atoms with E-state index in [1.807, 2.05) is 0 Å². The van der Waals surface area contributed by atoms with Gasteiger partial charge in [-0.2, -0.15) is 10.4 Å². The number of thioether (sulfide) groups is 1. The number of hydrogen-bond acceptors (Lipinski definition) is 5. The van der Waals surface area contributed by atoms with Crippen molar-refractivity contribution in [2.45, 2.75) is 12.2 Å². The summed E-state index contributed by atoms with van der Waals surface area (Å²) < 4.78 is 22.5. The van der Waals surface area contributed by atoms with Crippen LogP contribution in [0.3, 0.4) is 0 Å². The molecule has 0 aromatic rings. The van der Waals surface area contributed by atoms with Crippen LogP contribution in [0, 0.1) is 0 Å². The second kappa shape index (κ2) is 3.89. The number of amidine groups is 2. The predicted octanol–water partition coefficient (Wildman–Crippen LogP) is -0.137. The number of nitrogens with two attached hydrogens (primary N) is 1. The number of quaternary nitrogens is 1. The van der Waals surface area contributed by atoms with Crippen molar-refractivity contribution in [3.63, 3.8) is 0 Å². The first-order valence-electron chi connectivity index (χ1n) is 4.19. The molecule has 0 amide bonds. The minimum Gasteiger partial charge on any atom is -0.224 e. The number of rotatable bonds is 1. The molecule has 1 atom stereocenters. The molecule has 0 aromatic carbocycles. The smallest absolute Gasteiger partial charge is 0.224 e. The molecule has 82 valence electrons. The summed E-state index contributed by atoms with van der Waals surface area (Å²) in [7, 11) is -3.12. The van der Waals surface area contributed by atoms with Gasteiger partial charge in [-0.25, -0.2) is 8.42 Å². The average Bonchev–Trinajstić information content (AvgIpc) is 2.58. The largest absolute Gasteiger partial charge is 0.289 e. The lowest BCUT2D eigenvalue weighted by Gasteiger charge is -2.04. The third kappa shape index (κ3) is 2.60. The van der Waals surface area contributed by atoms with Gasteiger partial charge in [0.15, 0.2) is 15.7 Å². The van der Waals surface area contributed by atoms with E-state index in [4.69, 9.17) is 11.6 Å². The third-order valence-corrected chi connectivity index (χ3v) is 5.28. The van der Waals surface area contributed by atoms with Gasteiger partial charge < -0.3 is 0 Å². The van der Waals surface area contributed by atoms with Crippen LogP contribution in [0.25, 0.3) is 0 Å². The number of sulfone groups is 1. The lowest BCUT2D eigenvalue weighted by Crippen LogP contribution is -2.79. The Morgan fingerprint density at radius 2 is 2.40 bits per heavy atom. The van der Waals surface area contributed by atoms with Gasteiger partial charge in [-0.1, -0.05) is 16.7 Å². The second-order valence-electron chi connectivity index (χ2n) is 3.19. The minimum absolute atomic E-state index is 0.0441. The minimum atomic E-state index is -3.12. The summed E-state index contributed by atoms with van der Waals surface area (Å²) in [5.41, 5.74) is 1.62. The van der Waals surface area contributed by atoms with Crippen LogP contribution >= 0.6 is 23.4 Å². The Balaban J connectivity index is 2.05. The van der Waals surface area contributed by atoms with Crippen molar-refractivity contribution in [2.24, 2.45) is 10.1 Å². The summed E-state index contributed by atoms with van der Waals surface area (Å²) in [6.45, 7) is 1.78. The zero-order valence-electron chi connectivity index (χ0n) is 7.84. The monoisotopic (exact) mass is 266 g/mol. The summed E-state index contributed by atoms with van der Waals surface area (Å²) in [5.74, 6) is 0.723. The molecule has 0 fully saturated rings. The zero-order valence-corrected chi connectivity index (χ0v) is 10.2. The van der Waals surface area contributed by atoms with E-state index in [-0.39, 0.29) is 11.0 Å². The van der Waals surface area contributed by atoms with Gasteiger partial charge in [-0.05, 0) is 11.8 Å². The molecule has 8 heteroatoms. The standard InChI is InChI=1S/C7H8ClN3O2S2/c1-4-9-7(11-10-4)14-6-3-15(12,13)2-5(6)8/h2,6H,3H2,1H3,(H,9,10,11)/p+1. The SMILES string of the molecule is CC1=N[NH2+]C(SC2CS(=O)(=O)C=C2Cl)=N1. The van der Waals surface area contributed by atoms with E-state index >= 15 is 0 Å². The maximum atomic E-state index is 11.2. The molecule has 0 aromatic heterocycles. The molecule has 0 saturated carbocycles. The Labute approximate surface area is 96.6 Å². The summed E-state index contributed by atoms with van der Waals surface area (Å²) in [4.78, 5) is 4.13. The lowest BCUT2D eigenvalue weighted by molar-refractivity contribution is -0.536. The fraction of sp³-hybridized carbons (Fsp3) is 0.429. The van der Waals surface area contributed by atoms with Gasteiger partial charge in [0.2, 0.25) is 0 Å². The van der Waals surface area contributed by atoms with E-state index in [2.05, 4.69) is 10.1 Å². The van der Waals surface area contributed by atoms with Gasteiger partial charge in [-0.3, -0.25) is 0 Å². The van der Waals surface area contributed by atoms with Crippen molar-refractivity contribution in [1.82, 2.24) is 0 Å². The molecule has 2 rings (SSSR count). The molecule has 2 aliphatic rings. The van der Waals surface area contributed by atoms with Crippen molar-refractivity contribution < 1.29 is 13.8 Å². The van der Waals surface area contributed by atoms with Crippen molar-refractivity contribution in [3.8, 4) is 0 Å². The first-order chi connectivity index (χ1) is 6.96. The van der Waals surface area contributed by atoms with Gasteiger partial charge in [0, 0.05) is 17.4 Å². The molecule has 15 heavy (non-hydrogen) atoms. The van der Waals surface area contributed by atoms with E-state index in [9.17, 15) is 8.42 Å². The molecule has 2 heterocycles. The van der Waals surface area contributed by atoms with Crippen LogP contribution < -0.4 is 5.43 Å². The van der Waals surface area contributed by atoms with Gasteiger partial charge in [0.25, 0.3) is 5.17 Å². The summed E-state index contributed by atoms with van der Waals surface area (Å²) in [6, 6.07) is 0. The molecule has 0 aliphatic carbocycles. The average molecular weight is 267 g/mol. The van der Waals surface area contributed by atoms with Gasteiger partial charge in [-0.15, -0.1) is 0 Å². The molecule has 5 nitrogen and oxygen atoms in total. The maximum Gasteiger partial charge on any atom is 0.289 e. The fourth-order valence-corrected chi connectivity index (χ4v) is 4.86. The molecule has 0 saturated heterocycles. The Morgan fingerprint density at radius 3 is 2.87 bits per heavy atom. The van der Waals surface area contributed by atoms with Crippen LogP contribution in [-0.2, 0) is 9.84 Å². The first kappa shape index (κ1) is 11.1. The maximum absolute atomic E-state index is 11.2. The van der Waals surface area contributed by atoms with E-state index < -0.39 is 9.84 Å². The van der Waals surface area contributed by atoms with Crippen molar-refractivity contribution in [1.29, 1.82) is 0 Å². The van der Waals surface area contributed by atoms with Crippen LogP contribution in [0.5, 0.6) is 0 Å². The quantitative estimate of drug-likeness (QED) is 0.672. The predicted molar refractivity (Wildman–Crippen MR) is 61.6 cm³/mol. The first-order valence-corrected chi connectivity index (χ1v) is 7.16. The highest BCUT2D eigenvalue weighted by atomic mass is 35.5. The fourth-order valence-electron chi connectivity index (χ4n) is 1.24. The Kier molecular flexibility index (Phi) is 2.89. The second-order valence-corrected chi connectivity index (χ2v) is 6.75. The molecule has 2 aliphatic heterocycles. The van der Waals surface area contributed by atoms with E-state index in [1.165, 1.54) is 11.8 Å². The van der Waals surface area contributed by atoms with Crippen molar-refractivity contribution in [2.75, 3.05) is 5.75 Å². The van der Waals surface area contributed by atoms with E-state index in [1.54, 1.807) is 12.3 Å². The van der Waals surface area contributed by atoms with Crippen LogP contribution in [0.4, 0.5) is 0 Å². The van der Waals surface area contributed by atoms with Crippen molar-refractivity contribution in [3.05, 3.63) is 10.4 Å². The van der Waals surface area contributed by atoms with Gasteiger partial charge in [0.05, 0.1) is 11.0 Å². The van der Waals surface area contributed by atoms with Crippen molar-refractivity contribution >= 4 is 44.2 Å². The van der Waals surface area contributed by atoms with E-state index in [0.717, 1.165) is 5.41 Å². The summed E-state index contributed by atoms with van der Waals surface area (Å²) >= 11 is 7.16. The number of aliphatic imine (C=N–C) groups is 1. The van der Waals surface area contributed by atoms with Gasteiger partial charge >= 0.3 is 0 Å². The molecular weight excluding hydrogens is 258 g/mol. The molecular formula is C7H9ClN3O2S2+. The third-order valence-electron chi connectivity index (χ3n) is 1.88. The number of hydrogen-bond donors (Lipinski definition) is 1. The van der Waals surface area contributed by atoms with E-state index in [0.29, 0.717) is 16.0 Å². The normalized spacial score (nSPS) is 28.7. The molecule has 0 bridgehead atoms. The zero-order chi connectivity index (χ0) is 11.1. The van der Waals surface area contributed by atoms with Crippen LogP contribution in [-0.4, -0.2) is 30.4 Å².